The van der Waals surface area contributed by atoms with E-state index in [0.29, 0.717) is 5.92 Å². The molecular formula is C17H22BrN3. The van der Waals surface area contributed by atoms with Crippen LogP contribution < -0.4 is 5.32 Å². The van der Waals surface area contributed by atoms with Crippen LogP contribution in [0.4, 0.5) is 0 Å². The molecule has 0 bridgehead atoms. The van der Waals surface area contributed by atoms with Gasteiger partial charge in [-0.1, -0.05) is 12.1 Å². The maximum absolute atomic E-state index is 4.66. The molecule has 21 heavy (non-hydrogen) atoms. The normalized spacial score (nSPS) is 15.4. The molecule has 0 spiro atoms. The van der Waals surface area contributed by atoms with E-state index in [0.717, 1.165) is 16.7 Å². The van der Waals surface area contributed by atoms with Gasteiger partial charge in [-0.25, -0.2) is 4.68 Å². The molecule has 1 aliphatic rings. The smallest absolute Gasteiger partial charge is 0.0790 e. The lowest BCUT2D eigenvalue weighted by molar-refractivity contribution is 0.423. The number of hydrogen-bond donors (Lipinski definition) is 1. The first-order valence-corrected chi connectivity index (χ1v) is 8.32. The second-order valence-electron chi connectivity index (χ2n) is 6.80. The molecule has 1 heterocycles. The fourth-order valence-electron chi connectivity index (χ4n) is 2.50. The summed E-state index contributed by atoms with van der Waals surface area (Å²) in [4.78, 5) is 0. The minimum absolute atomic E-state index is 0.121. The summed E-state index contributed by atoms with van der Waals surface area (Å²) >= 11 is 3.64. The molecule has 0 saturated heterocycles. The Morgan fingerprint density at radius 1 is 1.29 bits per heavy atom. The van der Waals surface area contributed by atoms with E-state index in [1.165, 1.54) is 24.1 Å². The second kappa shape index (κ2) is 5.58. The molecule has 1 saturated carbocycles. The van der Waals surface area contributed by atoms with Crippen molar-refractivity contribution >= 4 is 15.9 Å². The first-order chi connectivity index (χ1) is 9.96. The highest BCUT2D eigenvalue weighted by Gasteiger charge is 2.31. The zero-order chi connectivity index (χ0) is 15.0. The molecule has 3 rings (SSSR count). The summed E-state index contributed by atoms with van der Waals surface area (Å²) in [5.74, 6) is 0.663. The van der Waals surface area contributed by atoms with Crippen LogP contribution in [0.15, 0.2) is 34.9 Å². The van der Waals surface area contributed by atoms with Gasteiger partial charge in [-0.2, -0.15) is 5.10 Å². The average molecular weight is 348 g/mol. The third-order valence-corrected chi connectivity index (χ3v) is 4.41. The van der Waals surface area contributed by atoms with Crippen molar-refractivity contribution in [2.24, 2.45) is 0 Å². The lowest BCUT2D eigenvalue weighted by Gasteiger charge is -2.20. The molecule has 1 N–H and O–H groups in total. The van der Waals surface area contributed by atoms with Gasteiger partial charge in [-0.05, 0) is 61.7 Å². The summed E-state index contributed by atoms with van der Waals surface area (Å²) in [6, 6.07) is 8.28. The molecule has 0 aliphatic heterocycles. The molecule has 2 aromatic rings. The second-order valence-corrected chi connectivity index (χ2v) is 7.65. The Labute approximate surface area is 134 Å². The van der Waals surface area contributed by atoms with Gasteiger partial charge in [-0.3, -0.25) is 0 Å². The average Bonchev–Trinajstić information content (AvgIpc) is 3.16. The van der Waals surface area contributed by atoms with Gasteiger partial charge in [0.1, 0.15) is 0 Å². The Bertz CT molecular complexity index is 636. The molecule has 4 heteroatoms. The zero-order valence-corrected chi connectivity index (χ0v) is 14.4. The van der Waals surface area contributed by atoms with Gasteiger partial charge in [0, 0.05) is 28.0 Å². The number of para-hydroxylation sites is 1. The van der Waals surface area contributed by atoms with Crippen molar-refractivity contribution in [1.82, 2.24) is 15.1 Å². The third kappa shape index (κ3) is 3.38. The SMILES string of the molecule is CC(C)(C)NCc1cnn(-c2ccccc2Br)c1C1CC1. The minimum atomic E-state index is 0.121. The molecule has 1 aliphatic carbocycles. The van der Waals surface area contributed by atoms with Gasteiger partial charge in [0.2, 0.25) is 0 Å². The van der Waals surface area contributed by atoms with Gasteiger partial charge in [0.25, 0.3) is 0 Å². The first-order valence-electron chi connectivity index (χ1n) is 7.52. The summed E-state index contributed by atoms with van der Waals surface area (Å²) in [5.41, 5.74) is 3.94. The van der Waals surface area contributed by atoms with Crippen molar-refractivity contribution in [2.45, 2.75) is 51.6 Å². The Kier molecular flexibility index (Phi) is 3.93. The number of hydrogen-bond acceptors (Lipinski definition) is 2. The fraction of sp³-hybridized carbons (Fsp3) is 0.471. The Hall–Kier alpha value is -1.13. The summed E-state index contributed by atoms with van der Waals surface area (Å²) in [5, 5.41) is 8.23. The molecule has 112 valence electrons. The van der Waals surface area contributed by atoms with Crippen molar-refractivity contribution < 1.29 is 0 Å². The van der Waals surface area contributed by atoms with Crippen LogP contribution in [0.3, 0.4) is 0 Å². The Morgan fingerprint density at radius 2 is 2.00 bits per heavy atom. The number of aromatic nitrogens is 2. The van der Waals surface area contributed by atoms with Gasteiger partial charge < -0.3 is 5.32 Å². The lowest BCUT2D eigenvalue weighted by atomic mass is 10.1. The molecule has 0 atom stereocenters. The summed E-state index contributed by atoms with van der Waals surface area (Å²) in [6.07, 6.45) is 4.57. The topological polar surface area (TPSA) is 29.9 Å². The van der Waals surface area contributed by atoms with Crippen molar-refractivity contribution in [3.63, 3.8) is 0 Å². The van der Waals surface area contributed by atoms with E-state index in [4.69, 9.17) is 0 Å². The Morgan fingerprint density at radius 3 is 2.62 bits per heavy atom. The van der Waals surface area contributed by atoms with Crippen molar-refractivity contribution in [3.8, 4) is 5.69 Å². The first kappa shape index (κ1) is 14.8. The predicted molar refractivity (Wildman–Crippen MR) is 89.8 cm³/mol. The number of benzene rings is 1. The molecule has 0 radical (unpaired) electrons. The van der Waals surface area contributed by atoms with Crippen LogP contribution in [0, 0.1) is 0 Å². The van der Waals surface area contributed by atoms with E-state index >= 15 is 0 Å². The Balaban J connectivity index is 1.95. The van der Waals surface area contributed by atoms with Crippen molar-refractivity contribution in [1.29, 1.82) is 0 Å². The van der Waals surface area contributed by atoms with Crippen LogP contribution >= 0.6 is 15.9 Å². The van der Waals surface area contributed by atoms with Crippen LogP contribution in [0.2, 0.25) is 0 Å². The molecule has 0 unspecified atom stereocenters. The van der Waals surface area contributed by atoms with E-state index in [1.807, 2.05) is 12.3 Å². The van der Waals surface area contributed by atoms with E-state index in [2.05, 4.69) is 70.0 Å². The van der Waals surface area contributed by atoms with Crippen LogP contribution in [0.5, 0.6) is 0 Å². The van der Waals surface area contributed by atoms with Crippen molar-refractivity contribution in [3.05, 3.63) is 46.2 Å². The van der Waals surface area contributed by atoms with Crippen LogP contribution in [0.25, 0.3) is 5.69 Å². The molecule has 1 fully saturated rings. The van der Waals surface area contributed by atoms with Crippen LogP contribution in [-0.4, -0.2) is 15.3 Å². The van der Waals surface area contributed by atoms with Gasteiger partial charge >= 0.3 is 0 Å². The van der Waals surface area contributed by atoms with E-state index in [-0.39, 0.29) is 5.54 Å². The van der Waals surface area contributed by atoms with Gasteiger partial charge in [0.05, 0.1) is 17.6 Å². The number of halogens is 1. The third-order valence-electron chi connectivity index (χ3n) is 3.74. The largest absolute Gasteiger partial charge is 0.308 e. The molecule has 1 aromatic heterocycles. The van der Waals surface area contributed by atoms with Crippen molar-refractivity contribution in [2.75, 3.05) is 0 Å². The molecule has 0 amide bonds. The molecule has 1 aromatic carbocycles. The summed E-state index contributed by atoms with van der Waals surface area (Å²) < 4.78 is 3.20. The van der Waals surface area contributed by atoms with E-state index in [1.54, 1.807) is 0 Å². The van der Waals surface area contributed by atoms with E-state index in [9.17, 15) is 0 Å². The monoisotopic (exact) mass is 347 g/mol. The number of rotatable bonds is 4. The zero-order valence-electron chi connectivity index (χ0n) is 12.9. The quantitative estimate of drug-likeness (QED) is 0.888. The maximum atomic E-state index is 4.66. The predicted octanol–water partition coefficient (Wildman–Crippen LogP) is 4.40. The number of nitrogens with zero attached hydrogens (tertiary/aromatic N) is 2. The fourth-order valence-corrected chi connectivity index (χ4v) is 2.95. The van der Waals surface area contributed by atoms with E-state index < -0.39 is 0 Å². The highest BCUT2D eigenvalue weighted by atomic mass is 79.9. The lowest BCUT2D eigenvalue weighted by Crippen LogP contribution is -2.35. The summed E-state index contributed by atoms with van der Waals surface area (Å²) in [6.45, 7) is 7.46. The minimum Gasteiger partial charge on any atom is -0.308 e. The number of nitrogens with one attached hydrogen (secondary N) is 1. The van der Waals surface area contributed by atoms with Gasteiger partial charge in [-0.15, -0.1) is 0 Å². The van der Waals surface area contributed by atoms with Gasteiger partial charge in [0.15, 0.2) is 0 Å². The highest BCUT2D eigenvalue weighted by molar-refractivity contribution is 9.10. The van der Waals surface area contributed by atoms with Crippen LogP contribution in [-0.2, 0) is 6.54 Å². The summed E-state index contributed by atoms with van der Waals surface area (Å²) in [7, 11) is 0. The standard InChI is InChI=1S/C17H22BrN3/c1-17(2,3)19-10-13-11-20-21(16(13)12-8-9-12)15-7-5-4-6-14(15)18/h4-7,11-12,19H,8-10H2,1-3H3. The van der Waals surface area contributed by atoms with Crippen LogP contribution in [0.1, 0.15) is 50.8 Å². The highest BCUT2D eigenvalue weighted by Crippen LogP contribution is 2.43. The molecular weight excluding hydrogens is 326 g/mol. The molecule has 3 nitrogen and oxygen atoms in total. The maximum Gasteiger partial charge on any atom is 0.0790 e.